The number of aryl methyl sites for hydroxylation is 1. The van der Waals surface area contributed by atoms with E-state index in [9.17, 15) is 9.59 Å². The molecule has 140 valence electrons. The summed E-state index contributed by atoms with van der Waals surface area (Å²) >= 11 is 0. The molecule has 1 aliphatic rings. The lowest BCUT2D eigenvalue weighted by Crippen LogP contribution is -2.36. The summed E-state index contributed by atoms with van der Waals surface area (Å²) < 4.78 is 17.0. The van der Waals surface area contributed by atoms with Crippen molar-refractivity contribution in [1.29, 1.82) is 0 Å². The van der Waals surface area contributed by atoms with Crippen LogP contribution in [0.2, 0.25) is 0 Å². The van der Waals surface area contributed by atoms with Crippen LogP contribution in [0.5, 0.6) is 5.75 Å². The fourth-order valence-electron chi connectivity index (χ4n) is 3.31. The number of hydrogen-bond donors (Lipinski definition) is 1. The van der Waals surface area contributed by atoms with Gasteiger partial charge < -0.3 is 19.2 Å². The van der Waals surface area contributed by atoms with Crippen LogP contribution in [0.25, 0.3) is 11.0 Å². The molecule has 0 atom stereocenters. The molecule has 0 radical (unpaired) electrons. The molecule has 2 heterocycles. The predicted molar refractivity (Wildman–Crippen MR) is 98.0 cm³/mol. The van der Waals surface area contributed by atoms with Gasteiger partial charge in [0, 0.05) is 30.7 Å². The number of carbonyl (C=O) groups excluding carboxylic acids is 2. The Balaban J connectivity index is 1.89. The summed E-state index contributed by atoms with van der Waals surface area (Å²) in [5.41, 5.74) is 1.17. The summed E-state index contributed by atoms with van der Waals surface area (Å²) in [6, 6.07) is 3.49. The lowest BCUT2D eigenvalue weighted by molar-refractivity contribution is 0.0623. The number of ketones is 1. The number of furan rings is 1. The number of nitrogens with one attached hydrogen (secondary N) is 1. The van der Waals surface area contributed by atoms with Crippen LogP contribution in [0, 0.1) is 6.92 Å². The Morgan fingerprint density at radius 1 is 1.35 bits per heavy atom. The van der Waals surface area contributed by atoms with Crippen molar-refractivity contribution < 1.29 is 23.5 Å². The van der Waals surface area contributed by atoms with E-state index in [0.717, 1.165) is 6.42 Å². The van der Waals surface area contributed by atoms with Crippen LogP contribution in [0.3, 0.4) is 0 Å². The number of fused-ring (bicyclic) bond motifs is 3. The molecule has 0 bridgehead atoms. The molecule has 26 heavy (non-hydrogen) atoms. The van der Waals surface area contributed by atoms with Crippen LogP contribution in [0.15, 0.2) is 16.5 Å². The molecule has 1 aliphatic heterocycles. The second-order valence-corrected chi connectivity index (χ2v) is 7.14. The molecular weight excluding hydrogens is 334 g/mol. The number of benzene rings is 1. The Bertz CT molecular complexity index is 849. The van der Waals surface area contributed by atoms with E-state index in [-0.39, 0.29) is 17.5 Å². The molecule has 1 aromatic heterocycles. The van der Waals surface area contributed by atoms with E-state index in [4.69, 9.17) is 13.9 Å². The van der Waals surface area contributed by atoms with Crippen molar-refractivity contribution in [2.45, 2.75) is 46.1 Å². The Morgan fingerprint density at radius 2 is 2.12 bits per heavy atom. The minimum atomic E-state index is -0.532. The van der Waals surface area contributed by atoms with Gasteiger partial charge >= 0.3 is 0 Å². The van der Waals surface area contributed by atoms with Gasteiger partial charge in [0.15, 0.2) is 11.5 Å². The normalized spacial score (nSPS) is 15.6. The number of ether oxygens (including phenoxy) is 2. The highest BCUT2D eigenvalue weighted by molar-refractivity contribution is 6.13. The molecule has 1 N–H and O–H groups in total. The van der Waals surface area contributed by atoms with E-state index < -0.39 is 5.60 Å². The highest BCUT2D eigenvalue weighted by Gasteiger charge is 2.35. The highest BCUT2D eigenvalue weighted by Crippen LogP contribution is 2.40. The molecule has 3 rings (SSSR count). The standard InChI is InChI=1S/C20H25NO5/c1-5-24-10-6-9-21-19(23)18-12(2)16-14(25-18)7-8-15-17(16)13(22)11-20(3,4)26-15/h7-8H,5-6,9-11H2,1-4H3,(H,21,23). The first-order valence-electron chi connectivity index (χ1n) is 8.98. The third kappa shape index (κ3) is 3.46. The second-order valence-electron chi connectivity index (χ2n) is 7.14. The monoisotopic (exact) mass is 359 g/mol. The van der Waals surface area contributed by atoms with Gasteiger partial charge in [-0.05, 0) is 46.2 Å². The van der Waals surface area contributed by atoms with Crippen molar-refractivity contribution in [3.63, 3.8) is 0 Å². The lowest BCUT2D eigenvalue weighted by Gasteiger charge is -2.31. The molecule has 1 aromatic carbocycles. The first kappa shape index (κ1) is 18.5. The maximum Gasteiger partial charge on any atom is 0.287 e. The molecule has 0 fully saturated rings. The minimum Gasteiger partial charge on any atom is -0.487 e. The van der Waals surface area contributed by atoms with Crippen LogP contribution in [-0.4, -0.2) is 37.0 Å². The molecule has 6 nitrogen and oxygen atoms in total. The smallest absolute Gasteiger partial charge is 0.287 e. The maximum absolute atomic E-state index is 12.7. The first-order valence-corrected chi connectivity index (χ1v) is 8.98. The zero-order chi connectivity index (χ0) is 18.9. The Labute approximate surface area is 152 Å². The molecule has 0 unspecified atom stereocenters. The maximum atomic E-state index is 12.7. The third-order valence-corrected chi connectivity index (χ3v) is 4.47. The summed E-state index contributed by atoms with van der Waals surface area (Å²) in [5, 5.41) is 3.50. The van der Waals surface area contributed by atoms with Gasteiger partial charge in [0.2, 0.25) is 0 Å². The van der Waals surface area contributed by atoms with E-state index in [1.54, 1.807) is 19.1 Å². The quantitative estimate of drug-likeness (QED) is 0.797. The fourth-order valence-corrected chi connectivity index (χ4v) is 3.31. The number of amides is 1. The van der Waals surface area contributed by atoms with Gasteiger partial charge in [0.1, 0.15) is 16.9 Å². The fraction of sp³-hybridized carbons (Fsp3) is 0.500. The van der Waals surface area contributed by atoms with Crippen molar-refractivity contribution in [3.8, 4) is 5.75 Å². The molecule has 0 saturated heterocycles. The van der Waals surface area contributed by atoms with Crippen molar-refractivity contribution >= 4 is 22.7 Å². The first-order chi connectivity index (χ1) is 12.3. The van der Waals surface area contributed by atoms with Gasteiger partial charge in [-0.1, -0.05) is 0 Å². The largest absolute Gasteiger partial charge is 0.487 e. The van der Waals surface area contributed by atoms with E-state index in [0.29, 0.717) is 54.0 Å². The molecule has 2 aromatic rings. The minimum absolute atomic E-state index is 0.00872. The van der Waals surface area contributed by atoms with Crippen LogP contribution < -0.4 is 10.1 Å². The predicted octanol–water partition coefficient (Wildman–Crippen LogP) is 3.64. The van der Waals surface area contributed by atoms with Crippen LogP contribution in [0.1, 0.15) is 60.1 Å². The Hall–Kier alpha value is -2.34. The van der Waals surface area contributed by atoms with Crippen molar-refractivity contribution in [3.05, 3.63) is 29.0 Å². The van der Waals surface area contributed by atoms with Crippen molar-refractivity contribution in [1.82, 2.24) is 5.32 Å². The van der Waals surface area contributed by atoms with Gasteiger partial charge in [0.25, 0.3) is 5.91 Å². The molecule has 6 heteroatoms. The van der Waals surface area contributed by atoms with Crippen LogP contribution in [0.4, 0.5) is 0 Å². The average molecular weight is 359 g/mol. The zero-order valence-corrected chi connectivity index (χ0v) is 15.7. The zero-order valence-electron chi connectivity index (χ0n) is 15.7. The summed E-state index contributed by atoms with van der Waals surface area (Å²) in [4.78, 5) is 25.1. The number of rotatable bonds is 6. The molecule has 1 amide bonds. The van der Waals surface area contributed by atoms with Crippen LogP contribution >= 0.6 is 0 Å². The topological polar surface area (TPSA) is 77.8 Å². The van der Waals surface area contributed by atoms with Gasteiger partial charge in [-0.15, -0.1) is 0 Å². The van der Waals surface area contributed by atoms with E-state index in [1.807, 2.05) is 20.8 Å². The Kier molecular flexibility index (Phi) is 5.05. The summed E-state index contributed by atoms with van der Waals surface area (Å²) in [6.07, 6.45) is 1.03. The van der Waals surface area contributed by atoms with Crippen LogP contribution in [-0.2, 0) is 4.74 Å². The van der Waals surface area contributed by atoms with Gasteiger partial charge in [-0.3, -0.25) is 9.59 Å². The summed E-state index contributed by atoms with van der Waals surface area (Å²) in [6.45, 7) is 9.28. The number of carbonyl (C=O) groups is 2. The van der Waals surface area contributed by atoms with E-state index >= 15 is 0 Å². The molecule has 0 spiro atoms. The molecule has 0 aliphatic carbocycles. The number of hydrogen-bond acceptors (Lipinski definition) is 5. The average Bonchev–Trinajstić information content (AvgIpc) is 2.90. The van der Waals surface area contributed by atoms with E-state index in [2.05, 4.69) is 5.32 Å². The highest BCUT2D eigenvalue weighted by atomic mass is 16.5. The molecular formula is C20H25NO5. The lowest BCUT2D eigenvalue weighted by atomic mass is 9.90. The van der Waals surface area contributed by atoms with Gasteiger partial charge in [0.05, 0.1) is 12.0 Å². The van der Waals surface area contributed by atoms with Crippen molar-refractivity contribution in [2.24, 2.45) is 0 Å². The Morgan fingerprint density at radius 3 is 2.85 bits per heavy atom. The van der Waals surface area contributed by atoms with Gasteiger partial charge in [-0.2, -0.15) is 0 Å². The number of Topliss-reactive ketones (excluding diaryl/α,β-unsaturated/α-hetero) is 1. The van der Waals surface area contributed by atoms with E-state index in [1.165, 1.54) is 0 Å². The second kappa shape index (κ2) is 7.11. The van der Waals surface area contributed by atoms with Gasteiger partial charge in [-0.25, -0.2) is 0 Å². The molecule has 0 saturated carbocycles. The summed E-state index contributed by atoms with van der Waals surface area (Å²) in [5.74, 6) is 0.511. The SMILES string of the molecule is CCOCCCNC(=O)c1oc2ccc3c(c2c1C)C(=O)CC(C)(C)O3. The van der Waals surface area contributed by atoms with Crippen molar-refractivity contribution in [2.75, 3.05) is 19.8 Å². The third-order valence-electron chi connectivity index (χ3n) is 4.47. The summed E-state index contributed by atoms with van der Waals surface area (Å²) in [7, 11) is 0.